The van der Waals surface area contributed by atoms with Crippen LogP contribution in [0.4, 0.5) is 0 Å². The average molecular weight is 397 g/mol. The van der Waals surface area contributed by atoms with Gasteiger partial charge in [-0.15, -0.1) is 11.3 Å². The molecule has 144 valence electrons. The van der Waals surface area contributed by atoms with Crippen LogP contribution in [0.3, 0.4) is 0 Å². The van der Waals surface area contributed by atoms with Gasteiger partial charge in [0, 0.05) is 23.9 Å². The molecule has 1 aromatic carbocycles. The Morgan fingerprint density at radius 3 is 3.04 bits per heavy atom. The minimum absolute atomic E-state index is 0.0115. The van der Waals surface area contributed by atoms with Crippen molar-refractivity contribution in [3.8, 4) is 0 Å². The van der Waals surface area contributed by atoms with Crippen molar-refractivity contribution in [2.45, 2.75) is 37.8 Å². The van der Waals surface area contributed by atoms with Crippen molar-refractivity contribution in [1.82, 2.24) is 25.3 Å². The highest BCUT2D eigenvalue weighted by Gasteiger charge is 2.62. The van der Waals surface area contributed by atoms with E-state index in [2.05, 4.69) is 20.4 Å². The van der Waals surface area contributed by atoms with Gasteiger partial charge < -0.3 is 9.64 Å². The number of ether oxygens (including phenoxy) is 1. The second-order valence-corrected chi connectivity index (χ2v) is 8.18. The van der Waals surface area contributed by atoms with Crippen molar-refractivity contribution in [1.29, 1.82) is 0 Å². The number of rotatable bonds is 4. The monoisotopic (exact) mass is 397 g/mol. The number of esters is 1. The number of carbonyl (C=O) groups excluding carboxylic acids is 2. The van der Waals surface area contributed by atoms with Crippen LogP contribution in [0.5, 0.6) is 0 Å². The molecule has 4 heterocycles. The predicted octanol–water partition coefficient (Wildman–Crippen LogP) is 2.19. The molecule has 0 saturated carbocycles. The maximum absolute atomic E-state index is 13.5. The molecule has 2 aliphatic rings. The van der Waals surface area contributed by atoms with Crippen molar-refractivity contribution in [2.24, 2.45) is 5.41 Å². The number of para-hydroxylation sites is 1. The summed E-state index contributed by atoms with van der Waals surface area (Å²) in [6.07, 6.45) is 2.76. The molecular weight excluding hydrogens is 378 g/mol. The highest BCUT2D eigenvalue weighted by Crippen LogP contribution is 2.52. The van der Waals surface area contributed by atoms with Gasteiger partial charge in [-0.2, -0.15) is 15.4 Å². The molecule has 8 nitrogen and oxygen atoms in total. The normalized spacial score (nSPS) is 26.1. The third-order valence-electron chi connectivity index (χ3n) is 6.12. The molecule has 5 rings (SSSR count). The lowest BCUT2D eigenvalue weighted by Crippen LogP contribution is -2.47. The number of nitrogens with one attached hydrogen (secondary N) is 1. The molecule has 9 heteroatoms. The fourth-order valence-corrected chi connectivity index (χ4v) is 5.56. The highest BCUT2D eigenvalue weighted by molar-refractivity contribution is 7.07. The number of methoxy groups -OCH3 is 1. The van der Waals surface area contributed by atoms with Crippen LogP contribution in [0, 0.1) is 5.41 Å². The summed E-state index contributed by atoms with van der Waals surface area (Å²) in [5.41, 5.74) is 3.60. The van der Waals surface area contributed by atoms with Gasteiger partial charge >= 0.3 is 5.97 Å². The van der Waals surface area contributed by atoms with Crippen LogP contribution in [0.1, 0.15) is 35.3 Å². The molecule has 1 amide bonds. The van der Waals surface area contributed by atoms with Crippen LogP contribution < -0.4 is 0 Å². The molecule has 2 bridgehead atoms. The van der Waals surface area contributed by atoms with Crippen molar-refractivity contribution in [3.63, 3.8) is 0 Å². The molecule has 3 aromatic rings. The van der Waals surface area contributed by atoms with Crippen LogP contribution in [0.2, 0.25) is 0 Å². The van der Waals surface area contributed by atoms with Gasteiger partial charge in [-0.3, -0.25) is 9.59 Å². The first-order chi connectivity index (χ1) is 13.6. The fourth-order valence-electron chi connectivity index (χ4n) is 5.00. The van der Waals surface area contributed by atoms with E-state index >= 15 is 0 Å². The van der Waals surface area contributed by atoms with E-state index in [1.807, 2.05) is 16.3 Å². The number of H-pyrrole nitrogens is 1. The van der Waals surface area contributed by atoms with Gasteiger partial charge in [0.05, 0.1) is 29.3 Å². The number of hydrogen-bond acceptors (Lipinski definition) is 7. The number of hydrogen-bond donors (Lipinski definition) is 1. The van der Waals surface area contributed by atoms with Crippen molar-refractivity contribution in [2.75, 3.05) is 7.11 Å². The van der Waals surface area contributed by atoms with Gasteiger partial charge in [-0.05, 0) is 31.4 Å². The Morgan fingerprint density at radius 2 is 2.25 bits per heavy atom. The lowest BCUT2D eigenvalue weighted by atomic mass is 9.71. The molecule has 28 heavy (non-hydrogen) atoms. The largest absolute Gasteiger partial charge is 0.469 e. The molecule has 0 radical (unpaired) electrons. The summed E-state index contributed by atoms with van der Waals surface area (Å²) in [6, 6.07) is 5.19. The third-order valence-corrected chi connectivity index (χ3v) is 6.76. The lowest BCUT2D eigenvalue weighted by molar-refractivity contribution is -0.154. The number of carbonyl (C=O) groups is 2. The Labute approximate surface area is 164 Å². The smallest absolute Gasteiger partial charge is 0.314 e. The molecule has 2 saturated heterocycles. The molecule has 2 aliphatic heterocycles. The number of thiazole rings is 1. The Morgan fingerprint density at radius 1 is 1.36 bits per heavy atom. The van der Waals surface area contributed by atoms with Gasteiger partial charge in [-0.25, -0.2) is 4.98 Å². The maximum atomic E-state index is 13.5. The SMILES string of the molecule is COC(=O)[C@@]1(Cc2cscn2)C[C@H]2CC[C@@H]1N2C(=O)c1cccc2n[nH]nc12. The van der Waals surface area contributed by atoms with Crippen molar-refractivity contribution in [3.05, 3.63) is 40.3 Å². The number of benzene rings is 1. The van der Waals surface area contributed by atoms with Crippen LogP contribution in [-0.2, 0) is 16.0 Å². The zero-order chi connectivity index (χ0) is 19.3. The Balaban J connectivity index is 1.54. The number of aromatic nitrogens is 4. The van der Waals surface area contributed by atoms with E-state index in [4.69, 9.17) is 4.74 Å². The van der Waals surface area contributed by atoms with E-state index in [-0.39, 0.29) is 24.0 Å². The molecule has 2 aromatic heterocycles. The minimum Gasteiger partial charge on any atom is -0.469 e. The summed E-state index contributed by atoms with van der Waals surface area (Å²) in [6.45, 7) is 0. The van der Waals surface area contributed by atoms with Crippen LogP contribution >= 0.6 is 11.3 Å². The number of amides is 1. The maximum Gasteiger partial charge on any atom is 0.314 e. The first kappa shape index (κ1) is 17.3. The first-order valence-electron chi connectivity index (χ1n) is 9.22. The highest BCUT2D eigenvalue weighted by atomic mass is 32.1. The van der Waals surface area contributed by atoms with Crippen LogP contribution in [-0.4, -0.2) is 56.4 Å². The van der Waals surface area contributed by atoms with Gasteiger partial charge in [-0.1, -0.05) is 6.07 Å². The van der Waals surface area contributed by atoms with Gasteiger partial charge in [0.2, 0.25) is 0 Å². The topological polar surface area (TPSA) is 101 Å². The standard InChI is InChI=1S/C19H19N5O3S/c1-27-18(26)19(7-11-9-28-10-20-11)8-12-5-6-15(19)24(12)17(25)13-3-2-4-14-16(13)22-23-21-14/h2-4,9-10,12,15H,5-8H2,1H3,(H,21,22,23)/t12-,15+,19+/m1/s1. The van der Waals surface area contributed by atoms with E-state index < -0.39 is 5.41 Å². The molecule has 0 spiro atoms. The zero-order valence-electron chi connectivity index (χ0n) is 15.3. The van der Waals surface area contributed by atoms with Crippen LogP contribution in [0.15, 0.2) is 29.1 Å². The van der Waals surface area contributed by atoms with Gasteiger partial charge in [0.1, 0.15) is 11.0 Å². The molecule has 0 aliphatic carbocycles. The number of aromatic amines is 1. The summed E-state index contributed by atoms with van der Waals surface area (Å²) in [5, 5.41) is 12.8. The summed E-state index contributed by atoms with van der Waals surface area (Å²) >= 11 is 1.50. The predicted molar refractivity (Wildman–Crippen MR) is 102 cm³/mol. The lowest BCUT2D eigenvalue weighted by Gasteiger charge is -2.34. The minimum atomic E-state index is -0.751. The summed E-state index contributed by atoms with van der Waals surface area (Å²) in [7, 11) is 1.42. The summed E-state index contributed by atoms with van der Waals surface area (Å²) in [4.78, 5) is 32.7. The van der Waals surface area contributed by atoms with E-state index in [9.17, 15) is 9.59 Å². The van der Waals surface area contributed by atoms with Crippen molar-refractivity contribution >= 4 is 34.2 Å². The van der Waals surface area contributed by atoms with Gasteiger partial charge in [0.25, 0.3) is 5.91 Å². The van der Waals surface area contributed by atoms with E-state index in [1.54, 1.807) is 17.6 Å². The second kappa shape index (κ2) is 6.37. The quantitative estimate of drug-likeness (QED) is 0.677. The Kier molecular flexibility index (Phi) is 3.94. The summed E-state index contributed by atoms with van der Waals surface area (Å²) < 4.78 is 5.20. The van der Waals surface area contributed by atoms with Crippen molar-refractivity contribution < 1.29 is 14.3 Å². The molecule has 1 N–H and O–H groups in total. The average Bonchev–Trinajstić information content (AvgIpc) is 3.49. The molecule has 3 atom stereocenters. The molecule has 2 fully saturated rings. The van der Waals surface area contributed by atoms with Gasteiger partial charge in [0.15, 0.2) is 0 Å². The Bertz CT molecular complexity index is 1050. The number of fused-ring (bicyclic) bond motifs is 3. The first-order valence-corrected chi connectivity index (χ1v) is 10.2. The summed E-state index contributed by atoms with van der Waals surface area (Å²) in [5.74, 6) is -0.360. The van der Waals surface area contributed by atoms with E-state index in [1.165, 1.54) is 18.4 Å². The van der Waals surface area contributed by atoms with E-state index in [0.29, 0.717) is 29.4 Å². The zero-order valence-corrected chi connectivity index (χ0v) is 16.1. The number of nitrogens with zero attached hydrogens (tertiary/aromatic N) is 4. The second-order valence-electron chi connectivity index (χ2n) is 7.46. The molecule has 0 unspecified atom stereocenters. The Hall–Kier alpha value is -2.81. The van der Waals surface area contributed by atoms with E-state index in [0.717, 1.165) is 18.5 Å². The fraction of sp³-hybridized carbons (Fsp3) is 0.421. The third kappa shape index (κ3) is 2.39. The van der Waals surface area contributed by atoms with Crippen LogP contribution in [0.25, 0.3) is 11.0 Å². The molecular formula is C19H19N5O3S.